The quantitative estimate of drug-likeness (QED) is 0.615. The lowest BCUT2D eigenvalue weighted by atomic mass is 9.88. The highest BCUT2D eigenvalue weighted by Crippen LogP contribution is 2.27. The molecule has 19 heavy (non-hydrogen) atoms. The summed E-state index contributed by atoms with van der Waals surface area (Å²) in [5.74, 6) is -0.758. The maximum atomic E-state index is 12.0. The largest absolute Gasteiger partial charge is 0.291 e. The molecule has 0 radical (unpaired) electrons. The molecule has 0 saturated heterocycles. The highest BCUT2D eigenvalue weighted by atomic mass is 16.2. The van der Waals surface area contributed by atoms with Crippen LogP contribution < -0.4 is 0 Å². The number of hydrogen-bond donors (Lipinski definition) is 0. The van der Waals surface area contributed by atoms with Crippen molar-refractivity contribution in [2.45, 2.75) is 19.8 Å². The Kier molecular flexibility index (Phi) is 3.91. The molecule has 1 atom stereocenters. The molecule has 2 rings (SSSR count). The molecule has 2 aromatic carbocycles. The standard InChI is InChI=1S/C17H16O2/c1-12(14-8-4-3-5-9-14)15-10-6-7-11-16(15)17(19)13(2)18/h3-12H,1-2H3. The molecule has 0 bridgehead atoms. The van der Waals surface area contributed by atoms with Gasteiger partial charge in [-0.05, 0) is 11.1 Å². The average Bonchev–Trinajstić information content (AvgIpc) is 2.46. The normalized spacial score (nSPS) is 11.9. The fraction of sp³-hybridized carbons (Fsp3) is 0.176. The van der Waals surface area contributed by atoms with Crippen LogP contribution in [0.5, 0.6) is 0 Å². The van der Waals surface area contributed by atoms with Gasteiger partial charge in [0.15, 0.2) is 5.78 Å². The van der Waals surface area contributed by atoms with Crippen LogP contribution in [-0.4, -0.2) is 11.6 Å². The van der Waals surface area contributed by atoms with Gasteiger partial charge in [-0.25, -0.2) is 0 Å². The van der Waals surface area contributed by atoms with Gasteiger partial charge in [-0.1, -0.05) is 61.5 Å². The van der Waals surface area contributed by atoms with E-state index in [9.17, 15) is 9.59 Å². The van der Waals surface area contributed by atoms with Crippen molar-refractivity contribution < 1.29 is 9.59 Å². The summed E-state index contributed by atoms with van der Waals surface area (Å²) in [5.41, 5.74) is 2.53. The second kappa shape index (κ2) is 5.61. The number of rotatable bonds is 4. The third-order valence-corrected chi connectivity index (χ3v) is 3.29. The van der Waals surface area contributed by atoms with Crippen LogP contribution in [0.3, 0.4) is 0 Å². The lowest BCUT2D eigenvalue weighted by Gasteiger charge is -2.15. The van der Waals surface area contributed by atoms with E-state index in [1.54, 1.807) is 12.1 Å². The Morgan fingerprint density at radius 2 is 1.47 bits per heavy atom. The molecule has 0 aliphatic heterocycles. The van der Waals surface area contributed by atoms with E-state index < -0.39 is 11.6 Å². The van der Waals surface area contributed by atoms with Gasteiger partial charge in [0.05, 0.1) is 0 Å². The van der Waals surface area contributed by atoms with E-state index in [-0.39, 0.29) is 5.92 Å². The van der Waals surface area contributed by atoms with Crippen molar-refractivity contribution >= 4 is 11.6 Å². The van der Waals surface area contributed by atoms with E-state index in [1.165, 1.54) is 6.92 Å². The van der Waals surface area contributed by atoms with Gasteiger partial charge in [0.25, 0.3) is 0 Å². The number of carbonyl (C=O) groups excluding carboxylic acids is 2. The summed E-state index contributed by atoms with van der Waals surface area (Å²) in [6.07, 6.45) is 0. The number of hydrogen-bond acceptors (Lipinski definition) is 2. The van der Waals surface area contributed by atoms with E-state index in [0.717, 1.165) is 11.1 Å². The summed E-state index contributed by atoms with van der Waals surface area (Å²) in [5, 5.41) is 0. The van der Waals surface area contributed by atoms with Gasteiger partial charge in [0, 0.05) is 18.4 Å². The fourth-order valence-electron chi connectivity index (χ4n) is 2.19. The molecule has 0 aliphatic rings. The minimum absolute atomic E-state index is 0.0840. The Labute approximate surface area is 113 Å². The Bertz CT molecular complexity index is 600. The van der Waals surface area contributed by atoms with Crippen molar-refractivity contribution in [3.63, 3.8) is 0 Å². The predicted molar refractivity (Wildman–Crippen MR) is 75.4 cm³/mol. The van der Waals surface area contributed by atoms with Crippen LogP contribution in [0, 0.1) is 0 Å². The first kappa shape index (κ1) is 13.2. The van der Waals surface area contributed by atoms with E-state index >= 15 is 0 Å². The zero-order chi connectivity index (χ0) is 13.8. The SMILES string of the molecule is CC(=O)C(=O)c1ccccc1C(C)c1ccccc1. The van der Waals surface area contributed by atoms with Gasteiger partial charge in [-0.2, -0.15) is 0 Å². The second-order valence-electron chi connectivity index (χ2n) is 4.60. The van der Waals surface area contributed by atoms with Gasteiger partial charge >= 0.3 is 0 Å². The second-order valence-corrected chi connectivity index (χ2v) is 4.60. The van der Waals surface area contributed by atoms with E-state index in [2.05, 4.69) is 0 Å². The van der Waals surface area contributed by atoms with Crippen LogP contribution in [0.15, 0.2) is 54.6 Å². The predicted octanol–water partition coefficient (Wildman–Crippen LogP) is 3.61. The molecule has 96 valence electrons. The Hall–Kier alpha value is -2.22. The summed E-state index contributed by atoms with van der Waals surface area (Å²) < 4.78 is 0. The molecule has 0 amide bonds. The molecular formula is C17H16O2. The van der Waals surface area contributed by atoms with Crippen molar-refractivity contribution in [1.82, 2.24) is 0 Å². The summed E-state index contributed by atoms with van der Waals surface area (Å²) >= 11 is 0. The Morgan fingerprint density at radius 1 is 0.895 bits per heavy atom. The molecule has 1 unspecified atom stereocenters. The zero-order valence-corrected chi connectivity index (χ0v) is 11.1. The van der Waals surface area contributed by atoms with Crippen molar-refractivity contribution in [1.29, 1.82) is 0 Å². The molecule has 2 heteroatoms. The van der Waals surface area contributed by atoms with E-state index in [1.807, 2.05) is 49.4 Å². The molecule has 2 nitrogen and oxygen atoms in total. The molecule has 0 fully saturated rings. The number of ketones is 2. The van der Waals surface area contributed by atoms with Crippen molar-refractivity contribution in [2.24, 2.45) is 0 Å². The van der Waals surface area contributed by atoms with Crippen LogP contribution in [-0.2, 0) is 4.79 Å². The minimum atomic E-state index is -0.423. The zero-order valence-electron chi connectivity index (χ0n) is 11.1. The first-order chi connectivity index (χ1) is 9.11. The minimum Gasteiger partial charge on any atom is -0.291 e. The summed E-state index contributed by atoms with van der Waals surface area (Å²) in [6.45, 7) is 3.36. The third-order valence-electron chi connectivity index (χ3n) is 3.29. The highest BCUT2D eigenvalue weighted by Gasteiger charge is 2.19. The van der Waals surface area contributed by atoms with Crippen molar-refractivity contribution in [2.75, 3.05) is 0 Å². The third kappa shape index (κ3) is 2.79. The molecule has 0 aromatic heterocycles. The maximum Gasteiger partial charge on any atom is 0.228 e. The van der Waals surface area contributed by atoms with Gasteiger partial charge in [-0.3, -0.25) is 9.59 Å². The highest BCUT2D eigenvalue weighted by molar-refractivity contribution is 6.43. The van der Waals surface area contributed by atoms with Crippen LogP contribution in [0.1, 0.15) is 41.3 Å². The first-order valence-corrected chi connectivity index (χ1v) is 6.30. The van der Waals surface area contributed by atoms with Crippen LogP contribution in [0.25, 0.3) is 0 Å². The molecule has 0 heterocycles. The van der Waals surface area contributed by atoms with E-state index in [4.69, 9.17) is 0 Å². The average molecular weight is 252 g/mol. The van der Waals surface area contributed by atoms with Crippen LogP contribution >= 0.6 is 0 Å². The molecular weight excluding hydrogens is 236 g/mol. The Morgan fingerprint density at radius 3 is 2.11 bits per heavy atom. The number of benzene rings is 2. The topological polar surface area (TPSA) is 34.1 Å². The molecule has 0 N–H and O–H groups in total. The maximum absolute atomic E-state index is 12.0. The first-order valence-electron chi connectivity index (χ1n) is 6.30. The van der Waals surface area contributed by atoms with Gasteiger partial charge in [-0.15, -0.1) is 0 Å². The number of Topliss-reactive ketones (excluding diaryl/α,β-unsaturated/α-hetero) is 2. The smallest absolute Gasteiger partial charge is 0.228 e. The van der Waals surface area contributed by atoms with Gasteiger partial charge in [0.1, 0.15) is 0 Å². The summed E-state index contributed by atoms with van der Waals surface area (Å²) in [4.78, 5) is 23.3. The lowest BCUT2D eigenvalue weighted by molar-refractivity contribution is -0.113. The van der Waals surface area contributed by atoms with Crippen molar-refractivity contribution in [3.05, 3.63) is 71.3 Å². The van der Waals surface area contributed by atoms with E-state index in [0.29, 0.717) is 5.56 Å². The lowest BCUT2D eigenvalue weighted by Crippen LogP contribution is -2.13. The van der Waals surface area contributed by atoms with Gasteiger partial charge < -0.3 is 0 Å². The summed E-state index contributed by atoms with van der Waals surface area (Å²) in [7, 11) is 0. The number of carbonyl (C=O) groups is 2. The summed E-state index contributed by atoms with van der Waals surface area (Å²) in [6, 6.07) is 17.3. The Balaban J connectivity index is 2.46. The molecule has 0 saturated carbocycles. The fourth-order valence-corrected chi connectivity index (χ4v) is 2.19. The monoisotopic (exact) mass is 252 g/mol. The van der Waals surface area contributed by atoms with Crippen molar-refractivity contribution in [3.8, 4) is 0 Å². The molecule has 0 spiro atoms. The molecule has 2 aromatic rings. The van der Waals surface area contributed by atoms with Crippen LogP contribution in [0.4, 0.5) is 0 Å². The van der Waals surface area contributed by atoms with Crippen LogP contribution in [0.2, 0.25) is 0 Å². The van der Waals surface area contributed by atoms with Gasteiger partial charge in [0.2, 0.25) is 5.78 Å². The molecule has 0 aliphatic carbocycles.